The van der Waals surface area contributed by atoms with Gasteiger partial charge in [-0.2, -0.15) is 0 Å². The number of aromatic nitrogens is 2. The highest BCUT2D eigenvalue weighted by Crippen LogP contribution is 2.45. The van der Waals surface area contributed by atoms with E-state index in [2.05, 4.69) is 10.2 Å². The van der Waals surface area contributed by atoms with Crippen molar-refractivity contribution in [2.24, 2.45) is 0 Å². The van der Waals surface area contributed by atoms with E-state index < -0.39 is 17.7 Å². The van der Waals surface area contributed by atoms with E-state index in [1.54, 1.807) is 36.4 Å². The second-order valence-electron chi connectivity index (χ2n) is 9.90. The number of benzene rings is 3. The van der Waals surface area contributed by atoms with Crippen LogP contribution in [0.4, 0.5) is 5.13 Å². The van der Waals surface area contributed by atoms with Gasteiger partial charge in [0.25, 0.3) is 5.78 Å². The largest absolute Gasteiger partial charge is 0.507 e. The minimum Gasteiger partial charge on any atom is -0.507 e. The zero-order valence-electron chi connectivity index (χ0n) is 22.7. The van der Waals surface area contributed by atoms with Crippen LogP contribution in [0.15, 0.2) is 76.6 Å². The molecule has 3 heterocycles. The first kappa shape index (κ1) is 28.3. The van der Waals surface area contributed by atoms with Crippen LogP contribution in [0.25, 0.3) is 5.76 Å². The molecule has 2 aliphatic heterocycles. The third-order valence-corrected chi connectivity index (χ3v) is 9.36. The molecule has 11 heteroatoms. The number of ketones is 1. The number of anilines is 1. The summed E-state index contributed by atoms with van der Waals surface area (Å²) in [6.07, 6.45) is 0.708. The highest BCUT2D eigenvalue weighted by molar-refractivity contribution is 8.00. The number of rotatable bonds is 8. The van der Waals surface area contributed by atoms with E-state index in [-0.39, 0.29) is 22.6 Å². The van der Waals surface area contributed by atoms with E-state index in [1.807, 2.05) is 44.2 Å². The summed E-state index contributed by atoms with van der Waals surface area (Å²) in [4.78, 5) is 28.5. The zero-order valence-corrected chi connectivity index (χ0v) is 25.1. The fourth-order valence-corrected chi connectivity index (χ4v) is 7.04. The van der Waals surface area contributed by atoms with Crippen molar-refractivity contribution in [2.75, 3.05) is 11.5 Å². The smallest absolute Gasteiger partial charge is 0.301 e. The topological polar surface area (TPSA) is 102 Å². The SMILES string of the molecule is CCOc1cccc(C2/C(=C(\O)c3ccc4c(c3)CC(C)O4)C(=O)C(=O)N2c2nnc(SCc3ccc(Cl)cc3)s2)c1. The molecule has 0 spiro atoms. The van der Waals surface area contributed by atoms with Crippen LogP contribution >= 0.6 is 34.7 Å². The number of nitrogens with zero attached hydrogens (tertiary/aromatic N) is 3. The maximum absolute atomic E-state index is 13.6. The van der Waals surface area contributed by atoms with Gasteiger partial charge >= 0.3 is 5.91 Å². The van der Waals surface area contributed by atoms with Gasteiger partial charge in [-0.15, -0.1) is 10.2 Å². The first-order valence-corrected chi connectivity index (χ1v) is 15.5. The van der Waals surface area contributed by atoms with E-state index >= 15 is 0 Å². The van der Waals surface area contributed by atoms with Gasteiger partial charge in [0.1, 0.15) is 23.4 Å². The van der Waals surface area contributed by atoms with Crippen LogP contribution in [0.3, 0.4) is 0 Å². The number of fused-ring (bicyclic) bond motifs is 1. The number of ether oxygens (including phenoxy) is 2. The summed E-state index contributed by atoms with van der Waals surface area (Å²) in [7, 11) is 0. The van der Waals surface area contributed by atoms with Crippen molar-refractivity contribution >= 4 is 57.3 Å². The number of halogens is 1. The Labute approximate surface area is 255 Å². The second kappa shape index (κ2) is 11.8. The number of hydrogen-bond acceptors (Lipinski definition) is 9. The number of thioether (sulfide) groups is 1. The number of Topliss-reactive ketones (excluding diaryl/α,β-unsaturated/α-hetero) is 1. The average Bonchev–Trinajstić information content (AvgIpc) is 3.67. The Morgan fingerprint density at radius 1 is 1.14 bits per heavy atom. The molecule has 0 radical (unpaired) electrons. The Kier molecular flexibility index (Phi) is 7.94. The molecule has 1 amide bonds. The molecular weight excluding hydrogens is 594 g/mol. The molecule has 0 aliphatic carbocycles. The van der Waals surface area contributed by atoms with Crippen molar-refractivity contribution in [3.05, 3.63) is 99.6 Å². The maximum Gasteiger partial charge on any atom is 0.301 e. The quantitative estimate of drug-likeness (QED) is 0.0753. The van der Waals surface area contributed by atoms with E-state index in [0.717, 1.165) is 16.9 Å². The van der Waals surface area contributed by atoms with Gasteiger partial charge in [-0.05, 0) is 73.0 Å². The van der Waals surface area contributed by atoms with Crippen molar-refractivity contribution in [3.63, 3.8) is 0 Å². The standard InChI is InChI=1S/C31H26ClN3O5S2/c1-3-39-23-6-4-5-19(15-23)26-25(27(36)20-9-12-24-21(14-20)13-17(2)40-24)28(37)29(38)35(26)30-33-34-31(42-30)41-16-18-7-10-22(32)11-8-18/h4-12,14-15,17,26,36H,3,13,16H2,1-2H3/b27-25+. The molecule has 1 saturated heterocycles. The summed E-state index contributed by atoms with van der Waals surface area (Å²) in [5.74, 6) is 0.123. The number of aliphatic hydroxyl groups excluding tert-OH is 1. The molecule has 2 atom stereocenters. The van der Waals surface area contributed by atoms with Crippen LogP contribution in [0.2, 0.25) is 5.02 Å². The van der Waals surface area contributed by atoms with Gasteiger partial charge in [0, 0.05) is 22.8 Å². The molecule has 2 unspecified atom stereocenters. The van der Waals surface area contributed by atoms with Crippen molar-refractivity contribution < 1.29 is 24.2 Å². The first-order valence-electron chi connectivity index (χ1n) is 13.4. The van der Waals surface area contributed by atoms with Crippen LogP contribution in [0.5, 0.6) is 11.5 Å². The summed E-state index contributed by atoms with van der Waals surface area (Å²) >= 11 is 8.68. The molecule has 0 saturated carbocycles. The van der Waals surface area contributed by atoms with Crippen molar-refractivity contribution in [2.45, 2.75) is 42.5 Å². The molecular formula is C31H26ClN3O5S2. The fraction of sp³-hybridized carbons (Fsp3) is 0.226. The summed E-state index contributed by atoms with van der Waals surface area (Å²) < 4.78 is 12.1. The van der Waals surface area contributed by atoms with Gasteiger partial charge in [-0.25, -0.2) is 0 Å². The third-order valence-electron chi connectivity index (χ3n) is 6.98. The third kappa shape index (κ3) is 5.49. The molecule has 6 rings (SSSR count). The van der Waals surface area contributed by atoms with Crippen LogP contribution in [0.1, 0.15) is 42.1 Å². The molecule has 3 aromatic carbocycles. The van der Waals surface area contributed by atoms with Gasteiger partial charge in [0.15, 0.2) is 4.34 Å². The van der Waals surface area contributed by atoms with Crippen LogP contribution in [-0.2, 0) is 21.8 Å². The molecule has 4 aromatic rings. The first-order chi connectivity index (χ1) is 20.3. The van der Waals surface area contributed by atoms with Gasteiger partial charge in [-0.1, -0.05) is 59.0 Å². The zero-order chi connectivity index (χ0) is 29.4. The van der Waals surface area contributed by atoms with Crippen LogP contribution in [-0.4, -0.2) is 39.7 Å². The molecule has 1 fully saturated rings. The van der Waals surface area contributed by atoms with Crippen molar-refractivity contribution in [1.82, 2.24) is 10.2 Å². The number of hydrogen-bond donors (Lipinski definition) is 1. The minimum absolute atomic E-state index is 0.0217. The lowest BCUT2D eigenvalue weighted by Crippen LogP contribution is -2.29. The van der Waals surface area contributed by atoms with Gasteiger partial charge in [0.2, 0.25) is 5.13 Å². The van der Waals surface area contributed by atoms with Gasteiger partial charge < -0.3 is 14.6 Å². The molecule has 0 bridgehead atoms. The Morgan fingerprint density at radius 3 is 2.74 bits per heavy atom. The molecule has 2 aliphatic rings. The predicted octanol–water partition coefficient (Wildman–Crippen LogP) is 6.83. The van der Waals surface area contributed by atoms with Crippen molar-refractivity contribution in [3.8, 4) is 11.5 Å². The fourth-order valence-electron chi connectivity index (χ4n) is 5.10. The Bertz CT molecular complexity index is 1700. The summed E-state index contributed by atoms with van der Waals surface area (Å²) in [6, 6.07) is 19.1. The number of amides is 1. The Balaban J connectivity index is 1.39. The molecule has 214 valence electrons. The lowest BCUT2D eigenvalue weighted by Gasteiger charge is -2.23. The monoisotopic (exact) mass is 619 g/mol. The van der Waals surface area contributed by atoms with E-state index in [9.17, 15) is 14.7 Å². The van der Waals surface area contributed by atoms with Gasteiger partial charge in [-0.3, -0.25) is 14.5 Å². The van der Waals surface area contributed by atoms with Gasteiger partial charge in [0.05, 0.1) is 18.2 Å². The summed E-state index contributed by atoms with van der Waals surface area (Å²) in [5.41, 5.74) is 3.01. The number of carbonyl (C=O) groups is 2. The van der Waals surface area contributed by atoms with Crippen molar-refractivity contribution in [1.29, 1.82) is 0 Å². The second-order valence-corrected chi connectivity index (χ2v) is 12.5. The van der Waals surface area contributed by atoms with Crippen LogP contribution in [0, 0.1) is 0 Å². The summed E-state index contributed by atoms with van der Waals surface area (Å²) in [5, 5.41) is 21.1. The van der Waals surface area contributed by atoms with E-state index in [4.69, 9.17) is 21.1 Å². The maximum atomic E-state index is 13.6. The van der Waals surface area contributed by atoms with E-state index in [0.29, 0.717) is 45.0 Å². The molecule has 1 aromatic heterocycles. The minimum atomic E-state index is -0.934. The Morgan fingerprint density at radius 2 is 1.95 bits per heavy atom. The highest BCUT2D eigenvalue weighted by atomic mass is 35.5. The average molecular weight is 620 g/mol. The highest BCUT2D eigenvalue weighted by Gasteiger charge is 2.48. The predicted molar refractivity (Wildman–Crippen MR) is 164 cm³/mol. The number of aliphatic hydroxyl groups is 1. The summed E-state index contributed by atoms with van der Waals surface area (Å²) in [6.45, 7) is 4.30. The molecule has 1 N–H and O–H groups in total. The molecule has 8 nitrogen and oxygen atoms in total. The van der Waals surface area contributed by atoms with Crippen LogP contribution < -0.4 is 14.4 Å². The normalized spacial score (nSPS) is 19.2. The Hall–Kier alpha value is -3.86. The lowest BCUT2D eigenvalue weighted by molar-refractivity contribution is -0.132. The van der Waals surface area contributed by atoms with E-state index in [1.165, 1.54) is 28.0 Å². The lowest BCUT2D eigenvalue weighted by atomic mass is 9.94. The number of carbonyl (C=O) groups excluding carboxylic acids is 2. The molecule has 42 heavy (non-hydrogen) atoms.